The van der Waals surface area contributed by atoms with Gasteiger partial charge in [-0.3, -0.25) is 9.78 Å². The fourth-order valence-electron chi connectivity index (χ4n) is 2.28. The first kappa shape index (κ1) is 12.9. The molecular weight excluding hydrogens is 320 g/mol. The number of hydrogen-bond acceptors (Lipinski definition) is 2. The number of aromatic amines is 2. The first-order chi connectivity index (χ1) is 9.65. The zero-order valence-electron chi connectivity index (χ0n) is 10.4. The van der Waals surface area contributed by atoms with Crippen molar-refractivity contribution < 1.29 is 0 Å². The highest BCUT2D eigenvalue weighted by Crippen LogP contribution is 2.21. The molecule has 0 bridgehead atoms. The van der Waals surface area contributed by atoms with Crippen LogP contribution in [0.25, 0.3) is 10.8 Å². The summed E-state index contributed by atoms with van der Waals surface area (Å²) >= 11 is 3.22. The smallest absolute Gasteiger partial charge is 0.310 e. The second kappa shape index (κ2) is 5.09. The zero-order chi connectivity index (χ0) is 14.1. The standard InChI is InChI=1S/C15H11BrN2O2/c16-13-12(17-15(20)18-14(13)19)8-10-6-3-5-9-4-1-2-7-11(9)10/h1-7H,8H2,(H2,17,18,19,20). The molecule has 3 aromatic rings. The molecule has 2 N–H and O–H groups in total. The van der Waals surface area contributed by atoms with Crippen molar-refractivity contribution in [1.29, 1.82) is 0 Å². The van der Waals surface area contributed by atoms with Gasteiger partial charge in [0.05, 0.1) is 0 Å². The molecule has 0 amide bonds. The third-order valence-corrected chi connectivity index (χ3v) is 4.04. The molecule has 1 aromatic heterocycles. The van der Waals surface area contributed by atoms with Crippen LogP contribution in [-0.4, -0.2) is 9.97 Å². The van der Waals surface area contributed by atoms with E-state index in [0.717, 1.165) is 16.3 Å². The van der Waals surface area contributed by atoms with Crippen molar-refractivity contribution in [2.24, 2.45) is 0 Å². The topological polar surface area (TPSA) is 65.7 Å². The highest BCUT2D eigenvalue weighted by molar-refractivity contribution is 9.10. The van der Waals surface area contributed by atoms with Gasteiger partial charge in [0.15, 0.2) is 0 Å². The molecule has 0 saturated carbocycles. The summed E-state index contributed by atoms with van der Waals surface area (Å²) in [4.78, 5) is 27.8. The Morgan fingerprint density at radius 1 is 0.950 bits per heavy atom. The van der Waals surface area contributed by atoms with Crippen LogP contribution >= 0.6 is 15.9 Å². The minimum Gasteiger partial charge on any atom is -0.310 e. The van der Waals surface area contributed by atoms with Gasteiger partial charge < -0.3 is 4.98 Å². The summed E-state index contributed by atoms with van der Waals surface area (Å²) in [5, 5.41) is 2.25. The van der Waals surface area contributed by atoms with E-state index in [-0.39, 0.29) is 0 Å². The lowest BCUT2D eigenvalue weighted by Gasteiger charge is -2.07. The Labute approximate surface area is 122 Å². The van der Waals surface area contributed by atoms with E-state index in [4.69, 9.17) is 0 Å². The first-order valence-electron chi connectivity index (χ1n) is 6.13. The number of rotatable bonds is 2. The van der Waals surface area contributed by atoms with E-state index in [0.29, 0.717) is 16.6 Å². The maximum Gasteiger partial charge on any atom is 0.325 e. The summed E-state index contributed by atoms with van der Waals surface area (Å²) in [7, 11) is 0. The van der Waals surface area contributed by atoms with Gasteiger partial charge in [-0.2, -0.15) is 0 Å². The van der Waals surface area contributed by atoms with Gasteiger partial charge in [-0.05, 0) is 32.3 Å². The maximum absolute atomic E-state index is 11.6. The van der Waals surface area contributed by atoms with Gasteiger partial charge >= 0.3 is 5.69 Å². The minimum atomic E-state index is -0.492. The van der Waals surface area contributed by atoms with Crippen LogP contribution in [0.1, 0.15) is 11.3 Å². The predicted octanol–water partition coefficient (Wildman–Crippen LogP) is 2.57. The summed E-state index contributed by atoms with van der Waals surface area (Å²) in [5.41, 5.74) is 0.734. The highest BCUT2D eigenvalue weighted by Gasteiger charge is 2.09. The first-order valence-corrected chi connectivity index (χ1v) is 6.92. The molecule has 100 valence electrons. The summed E-state index contributed by atoms with van der Waals surface area (Å²) < 4.78 is 0.366. The molecular formula is C15H11BrN2O2. The van der Waals surface area contributed by atoms with Crippen LogP contribution in [0.5, 0.6) is 0 Å². The molecule has 5 heteroatoms. The van der Waals surface area contributed by atoms with E-state index in [1.807, 2.05) is 42.5 Å². The van der Waals surface area contributed by atoms with Crippen molar-refractivity contribution in [2.45, 2.75) is 6.42 Å². The third-order valence-electron chi connectivity index (χ3n) is 3.20. The Morgan fingerprint density at radius 2 is 1.70 bits per heavy atom. The van der Waals surface area contributed by atoms with Crippen LogP contribution < -0.4 is 11.2 Å². The molecule has 0 aliphatic rings. The Hall–Kier alpha value is -2.14. The lowest BCUT2D eigenvalue weighted by molar-refractivity contribution is 0.941. The fourth-order valence-corrected chi connectivity index (χ4v) is 2.62. The van der Waals surface area contributed by atoms with E-state index >= 15 is 0 Å². The van der Waals surface area contributed by atoms with Crippen molar-refractivity contribution >= 4 is 26.7 Å². The molecule has 1 heterocycles. The van der Waals surface area contributed by atoms with Gasteiger partial charge in [-0.25, -0.2) is 4.79 Å². The van der Waals surface area contributed by atoms with Crippen molar-refractivity contribution in [1.82, 2.24) is 9.97 Å². The fraction of sp³-hybridized carbons (Fsp3) is 0.0667. The monoisotopic (exact) mass is 330 g/mol. The van der Waals surface area contributed by atoms with Gasteiger partial charge in [0.1, 0.15) is 4.47 Å². The van der Waals surface area contributed by atoms with E-state index in [2.05, 4.69) is 25.9 Å². The van der Waals surface area contributed by atoms with Gasteiger partial charge in [-0.15, -0.1) is 0 Å². The second-order valence-electron chi connectivity index (χ2n) is 4.52. The number of hydrogen-bond donors (Lipinski definition) is 2. The molecule has 2 aromatic carbocycles. The van der Waals surface area contributed by atoms with Crippen LogP contribution in [0.15, 0.2) is 56.5 Å². The van der Waals surface area contributed by atoms with Gasteiger partial charge in [0.2, 0.25) is 0 Å². The number of nitrogens with one attached hydrogen (secondary N) is 2. The highest BCUT2D eigenvalue weighted by atomic mass is 79.9. The van der Waals surface area contributed by atoms with Crippen LogP contribution in [-0.2, 0) is 6.42 Å². The number of aromatic nitrogens is 2. The van der Waals surface area contributed by atoms with Crippen molar-refractivity contribution in [3.05, 3.63) is 79.0 Å². The summed E-state index contributed by atoms with van der Waals surface area (Å²) in [5.74, 6) is 0. The normalized spacial score (nSPS) is 10.8. The molecule has 0 saturated heterocycles. The molecule has 20 heavy (non-hydrogen) atoms. The van der Waals surface area contributed by atoms with E-state index < -0.39 is 11.2 Å². The second-order valence-corrected chi connectivity index (χ2v) is 5.31. The average Bonchev–Trinajstić information content (AvgIpc) is 2.44. The largest absolute Gasteiger partial charge is 0.325 e. The molecule has 0 atom stereocenters. The SMILES string of the molecule is O=c1[nH]c(Cc2cccc3ccccc23)c(Br)c(=O)[nH]1. The molecule has 0 aliphatic carbocycles. The summed E-state index contributed by atoms with van der Waals surface area (Å²) in [6.45, 7) is 0. The molecule has 0 unspecified atom stereocenters. The Bertz CT molecular complexity index is 891. The Morgan fingerprint density at radius 3 is 2.55 bits per heavy atom. The molecule has 0 radical (unpaired) electrons. The summed E-state index contributed by atoms with van der Waals surface area (Å²) in [6, 6.07) is 14.0. The third kappa shape index (κ3) is 2.32. The van der Waals surface area contributed by atoms with Crippen LogP contribution in [0, 0.1) is 0 Å². The lowest BCUT2D eigenvalue weighted by atomic mass is 10.0. The maximum atomic E-state index is 11.6. The van der Waals surface area contributed by atoms with E-state index in [9.17, 15) is 9.59 Å². The molecule has 3 rings (SSSR count). The van der Waals surface area contributed by atoms with Crippen LogP contribution in [0.2, 0.25) is 0 Å². The Balaban J connectivity index is 2.15. The number of fused-ring (bicyclic) bond motifs is 1. The molecule has 0 spiro atoms. The quantitative estimate of drug-likeness (QED) is 0.758. The van der Waals surface area contributed by atoms with E-state index in [1.165, 1.54) is 0 Å². The predicted molar refractivity (Wildman–Crippen MR) is 82.1 cm³/mol. The van der Waals surface area contributed by atoms with Crippen molar-refractivity contribution in [2.75, 3.05) is 0 Å². The minimum absolute atomic E-state index is 0.366. The molecule has 0 aliphatic heterocycles. The van der Waals surface area contributed by atoms with Crippen molar-refractivity contribution in [3.63, 3.8) is 0 Å². The van der Waals surface area contributed by atoms with Gasteiger partial charge in [0, 0.05) is 12.1 Å². The molecule has 4 nitrogen and oxygen atoms in total. The van der Waals surface area contributed by atoms with E-state index in [1.54, 1.807) is 0 Å². The number of benzene rings is 2. The van der Waals surface area contributed by atoms with Gasteiger partial charge in [-0.1, -0.05) is 42.5 Å². The number of halogens is 1. The van der Waals surface area contributed by atoms with Gasteiger partial charge in [0.25, 0.3) is 5.56 Å². The average molecular weight is 331 g/mol. The zero-order valence-corrected chi connectivity index (χ0v) is 12.0. The number of H-pyrrole nitrogens is 2. The van der Waals surface area contributed by atoms with Crippen molar-refractivity contribution in [3.8, 4) is 0 Å². The van der Waals surface area contributed by atoms with Crippen LogP contribution in [0.3, 0.4) is 0 Å². The Kier molecular flexibility index (Phi) is 3.28. The van der Waals surface area contributed by atoms with Crippen LogP contribution in [0.4, 0.5) is 0 Å². The molecule has 0 fully saturated rings. The lowest BCUT2D eigenvalue weighted by Crippen LogP contribution is -2.25. The summed E-state index contributed by atoms with van der Waals surface area (Å²) in [6.07, 6.45) is 0.487.